The number of carbonyl (C=O) groups excluding carboxylic acids is 1. The molecule has 1 saturated heterocycles. The fourth-order valence-corrected chi connectivity index (χ4v) is 4.80. The first-order valence-corrected chi connectivity index (χ1v) is 13.4. The van der Waals surface area contributed by atoms with E-state index in [2.05, 4.69) is 51.2 Å². The van der Waals surface area contributed by atoms with Crippen molar-refractivity contribution in [3.05, 3.63) is 77.6 Å². The van der Waals surface area contributed by atoms with Gasteiger partial charge in [0.15, 0.2) is 0 Å². The summed E-state index contributed by atoms with van der Waals surface area (Å²) < 4.78 is 7.03. The van der Waals surface area contributed by atoms with E-state index in [0.29, 0.717) is 21.4 Å². The van der Waals surface area contributed by atoms with Crippen LogP contribution in [0.1, 0.15) is 49.4 Å². The molecule has 0 N–H and O–H groups in total. The predicted octanol–water partition coefficient (Wildman–Crippen LogP) is 4.43. The first kappa shape index (κ1) is 25.5. The summed E-state index contributed by atoms with van der Waals surface area (Å²) in [7, 11) is 0. The Labute approximate surface area is 222 Å². The highest BCUT2D eigenvalue weighted by molar-refractivity contribution is 5.99. The Morgan fingerprint density at radius 1 is 0.921 bits per heavy atom. The van der Waals surface area contributed by atoms with Gasteiger partial charge in [0.1, 0.15) is 16.8 Å². The highest BCUT2D eigenvalue weighted by Crippen LogP contribution is 2.23. The maximum Gasteiger partial charge on any atom is 0.368 e. The maximum absolute atomic E-state index is 13.0. The number of benzene rings is 2. The molecule has 5 rings (SSSR count). The van der Waals surface area contributed by atoms with Crippen molar-refractivity contribution in [1.29, 1.82) is 0 Å². The first-order chi connectivity index (χ1) is 18.6. The van der Waals surface area contributed by atoms with Gasteiger partial charge in [-0.1, -0.05) is 49.4 Å². The molecule has 198 valence electrons. The second-order valence-electron chi connectivity index (χ2n) is 9.60. The average Bonchev–Trinajstić information content (AvgIpc) is 3.31. The Morgan fingerprint density at radius 3 is 2.39 bits per heavy atom. The van der Waals surface area contributed by atoms with Crippen molar-refractivity contribution in [2.75, 3.05) is 42.6 Å². The van der Waals surface area contributed by atoms with Gasteiger partial charge in [-0.2, -0.15) is 0 Å². The van der Waals surface area contributed by atoms with Crippen molar-refractivity contribution >= 4 is 28.4 Å². The SMILES string of the molecule is CCCCCCCOc1ccc(N2CCN(c3ccc(C(=O)n4n[n+]([O-])c5ccccc54)cn3)CC2)cc1. The lowest BCUT2D eigenvalue weighted by Gasteiger charge is -2.36. The van der Waals surface area contributed by atoms with Crippen LogP contribution in [0.25, 0.3) is 11.0 Å². The average molecular weight is 515 g/mol. The fourth-order valence-electron chi connectivity index (χ4n) is 4.80. The molecule has 1 fully saturated rings. The van der Waals surface area contributed by atoms with Crippen molar-refractivity contribution in [2.45, 2.75) is 39.0 Å². The van der Waals surface area contributed by atoms with E-state index in [-0.39, 0.29) is 5.91 Å². The molecule has 9 nitrogen and oxygen atoms in total. The minimum absolute atomic E-state index is 0.350. The van der Waals surface area contributed by atoms with Crippen molar-refractivity contribution in [2.24, 2.45) is 0 Å². The molecule has 0 bridgehead atoms. The summed E-state index contributed by atoms with van der Waals surface area (Å²) in [5, 5.41) is 15.8. The van der Waals surface area contributed by atoms with Gasteiger partial charge < -0.3 is 19.7 Å². The molecule has 0 unspecified atom stereocenters. The van der Waals surface area contributed by atoms with E-state index in [4.69, 9.17) is 4.74 Å². The van der Waals surface area contributed by atoms with Crippen LogP contribution in [0, 0.1) is 5.21 Å². The van der Waals surface area contributed by atoms with Gasteiger partial charge in [0.25, 0.3) is 0 Å². The normalized spacial score (nSPS) is 13.7. The van der Waals surface area contributed by atoms with Crippen LogP contribution >= 0.6 is 0 Å². The Morgan fingerprint density at radius 2 is 1.66 bits per heavy atom. The van der Waals surface area contributed by atoms with Crippen molar-refractivity contribution in [3.8, 4) is 5.75 Å². The van der Waals surface area contributed by atoms with Gasteiger partial charge in [0.2, 0.25) is 11.0 Å². The Hall–Kier alpha value is -4.14. The van der Waals surface area contributed by atoms with Crippen LogP contribution in [0.2, 0.25) is 0 Å². The van der Waals surface area contributed by atoms with Crippen molar-refractivity contribution < 1.29 is 14.4 Å². The number of pyridine rings is 1. The number of nitrogens with zero attached hydrogens (tertiary/aromatic N) is 6. The molecule has 0 aliphatic carbocycles. The molecule has 0 amide bonds. The summed E-state index contributed by atoms with van der Waals surface area (Å²) in [4.78, 5) is 22.6. The third-order valence-electron chi connectivity index (χ3n) is 7.00. The summed E-state index contributed by atoms with van der Waals surface area (Å²) in [6.07, 6.45) is 7.73. The molecular formula is C29H34N6O3. The third kappa shape index (κ3) is 5.72. The number of hydrogen-bond acceptors (Lipinski definition) is 7. The van der Waals surface area contributed by atoms with Gasteiger partial charge in [0.05, 0.1) is 12.2 Å². The Balaban J connectivity index is 1.13. The van der Waals surface area contributed by atoms with Crippen LogP contribution in [0.5, 0.6) is 5.75 Å². The molecule has 9 heteroatoms. The number of para-hydroxylation sites is 2. The molecule has 0 saturated carbocycles. The van der Waals surface area contributed by atoms with Crippen LogP contribution < -0.4 is 19.4 Å². The smallest absolute Gasteiger partial charge is 0.368 e. The zero-order chi connectivity index (χ0) is 26.3. The molecule has 1 aliphatic rings. The Bertz CT molecular complexity index is 1350. The highest BCUT2D eigenvalue weighted by Gasteiger charge is 2.24. The zero-order valence-electron chi connectivity index (χ0n) is 21.8. The number of aromatic nitrogens is 4. The summed E-state index contributed by atoms with van der Waals surface area (Å²) in [6.45, 7) is 6.42. The monoisotopic (exact) mass is 514 g/mol. The zero-order valence-corrected chi connectivity index (χ0v) is 21.8. The highest BCUT2D eigenvalue weighted by atomic mass is 16.5. The van der Waals surface area contributed by atoms with Crippen molar-refractivity contribution in [1.82, 2.24) is 14.9 Å². The van der Waals surface area contributed by atoms with Crippen LogP contribution in [-0.4, -0.2) is 53.6 Å². The number of rotatable bonds is 10. The van der Waals surface area contributed by atoms with Crippen LogP contribution in [0.3, 0.4) is 0 Å². The molecule has 3 heterocycles. The largest absolute Gasteiger partial charge is 0.691 e. The first-order valence-electron chi connectivity index (χ1n) is 13.4. The second kappa shape index (κ2) is 11.9. The molecule has 0 spiro atoms. The maximum atomic E-state index is 13.0. The van der Waals surface area contributed by atoms with E-state index in [1.54, 1.807) is 36.5 Å². The summed E-state index contributed by atoms with van der Waals surface area (Å²) in [5.74, 6) is 1.37. The van der Waals surface area contributed by atoms with E-state index >= 15 is 0 Å². The van der Waals surface area contributed by atoms with Gasteiger partial charge in [-0.3, -0.25) is 0 Å². The minimum Gasteiger partial charge on any atom is -0.691 e. The Kier molecular flexibility index (Phi) is 8.01. The van der Waals surface area contributed by atoms with Crippen LogP contribution in [0.4, 0.5) is 11.5 Å². The van der Waals surface area contributed by atoms with Crippen LogP contribution in [0.15, 0.2) is 66.9 Å². The van der Waals surface area contributed by atoms with Crippen molar-refractivity contribution in [3.63, 3.8) is 0 Å². The molecule has 38 heavy (non-hydrogen) atoms. The molecule has 2 aromatic carbocycles. The quantitative estimate of drug-likeness (QED) is 0.176. The van der Waals surface area contributed by atoms with Gasteiger partial charge >= 0.3 is 5.91 Å². The summed E-state index contributed by atoms with van der Waals surface area (Å²) in [6, 6.07) is 18.8. The molecule has 1 aliphatic heterocycles. The summed E-state index contributed by atoms with van der Waals surface area (Å²) >= 11 is 0. The second-order valence-corrected chi connectivity index (χ2v) is 9.60. The standard InChI is InChI=1S/C29H34N6O3/c1-2-3-4-5-8-21-38-25-14-12-24(13-15-25)32-17-19-33(20-18-32)28-16-11-23(22-30-28)29(36)34-26-9-6-7-10-27(26)35(37)31-34/h6-7,9-16,22H,2-5,8,17-21H2,1H3. The van der Waals surface area contributed by atoms with Crippen LogP contribution in [-0.2, 0) is 0 Å². The molecule has 0 atom stereocenters. The lowest BCUT2D eigenvalue weighted by Crippen LogP contribution is -2.46. The van der Waals surface area contributed by atoms with E-state index in [1.807, 2.05) is 6.07 Å². The summed E-state index contributed by atoms with van der Waals surface area (Å²) in [5.41, 5.74) is 2.39. The topological polar surface area (TPSA) is 90.4 Å². The number of piperazine rings is 1. The van der Waals surface area contributed by atoms with E-state index < -0.39 is 0 Å². The minimum atomic E-state index is -0.386. The lowest BCUT2D eigenvalue weighted by atomic mass is 10.2. The number of ether oxygens (including phenoxy) is 1. The van der Waals surface area contributed by atoms with E-state index in [1.165, 1.54) is 31.4 Å². The molecule has 4 aromatic rings. The third-order valence-corrected chi connectivity index (χ3v) is 7.00. The van der Waals surface area contributed by atoms with Gasteiger partial charge in [-0.15, -0.1) is 4.85 Å². The number of hydrogen-bond donors (Lipinski definition) is 0. The van der Waals surface area contributed by atoms with E-state index in [0.717, 1.165) is 55.5 Å². The molecule has 2 aromatic heterocycles. The lowest BCUT2D eigenvalue weighted by molar-refractivity contribution is -0.645. The van der Waals surface area contributed by atoms with Gasteiger partial charge in [-0.05, 0) is 55.0 Å². The van der Waals surface area contributed by atoms with E-state index in [9.17, 15) is 10.0 Å². The van der Waals surface area contributed by atoms with Gasteiger partial charge in [-0.25, -0.2) is 9.78 Å². The predicted molar refractivity (Wildman–Crippen MR) is 148 cm³/mol. The number of anilines is 2. The number of fused-ring (bicyclic) bond motifs is 1. The van der Waals surface area contributed by atoms with Gasteiger partial charge in [0, 0.05) is 38.1 Å². The number of carbonyl (C=O) groups is 1. The number of unbranched alkanes of at least 4 members (excludes halogenated alkanes) is 4. The molecular weight excluding hydrogens is 480 g/mol. The fraction of sp³-hybridized carbons (Fsp3) is 0.379. The molecule has 0 radical (unpaired) electrons.